The van der Waals surface area contributed by atoms with E-state index in [2.05, 4.69) is 22.9 Å². The molecule has 7 heteroatoms. The van der Waals surface area contributed by atoms with E-state index < -0.39 is 6.04 Å². The summed E-state index contributed by atoms with van der Waals surface area (Å²) in [6, 6.07) is 21.6. The fourth-order valence-corrected chi connectivity index (χ4v) is 4.54. The summed E-state index contributed by atoms with van der Waals surface area (Å²) in [6.07, 6.45) is 1.77. The second-order valence-corrected chi connectivity index (χ2v) is 9.48. The minimum Gasteiger partial charge on any atom is -0.492 e. The summed E-state index contributed by atoms with van der Waals surface area (Å²) >= 11 is 3.44. The van der Waals surface area contributed by atoms with Crippen LogP contribution in [0.5, 0.6) is 5.75 Å². The Bertz CT molecular complexity index is 1420. The summed E-state index contributed by atoms with van der Waals surface area (Å²) < 4.78 is 8.38. The van der Waals surface area contributed by atoms with Gasteiger partial charge in [-0.3, -0.25) is 14.2 Å². The van der Waals surface area contributed by atoms with Crippen molar-refractivity contribution in [1.29, 1.82) is 0 Å². The molecule has 0 aliphatic rings. The van der Waals surface area contributed by atoms with Crippen molar-refractivity contribution in [3.8, 4) is 11.4 Å². The number of carbonyl (C=O) groups excluding carboxylic acids is 1. The second-order valence-electron chi connectivity index (χ2n) is 8.56. The molecular formula is C29H30BrN3O3. The van der Waals surface area contributed by atoms with E-state index in [9.17, 15) is 9.59 Å². The lowest BCUT2D eigenvalue weighted by Crippen LogP contribution is -2.38. The minimum absolute atomic E-state index is 0.101. The Kier molecular flexibility index (Phi) is 8.21. The van der Waals surface area contributed by atoms with Gasteiger partial charge in [0.1, 0.15) is 11.6 Å². The summed E-state index contributed by atoms with van der Waals surface area (Å²) in [4.78, 5) is 34.3. The number of benzene rings is 3. The quantitative estimate of drug-likeness (QED) is 0.238. The molecule has 186 valence electrons. The maximum atomic E-state index is 13.9. The van der Waals surface area contributed by atoms with Crippen LogP contribution in [0.1, 0.15) is 55.8 Å². The van der Waals surface area contributed by atoms with E-state index in [1.54, 1.807) is 10.6 Å². The third-order valence-corrected chi connectivity index (χ3v) is 6.68. The van der Waals surface area contributed by atoms with Gasteiger partial charge in [0, 0.05) is 16.6 Å². The van der Waals surface area contributed by atoms with Crippen LogP contribution in [-0.2, 0) is 0 Å². The summed E-state index contributed by atoms with van der Waals surface area (Å²) in [5.74, 6) is 0.981. The number of nitrogens with zero attached hydrogens (tertiary/aromatic N) is 3. The standard InChI is InChI=1S/C29H30BrN3O3/c1-4-6-19-32(28(34)21-15-17-22(30)18-16-21)20(3)27-31-24-12-8-7-11-23(24)29(35)33(27)25-13-9-10-14-26(25)36-5-2/h7-18,20H,4-6,19H2,1-3H3. The highest BCUT2D eigenvalue weighted by Gasteiger charge is 2.28. The molecule has 3 aromatic carbocycles. The molecule has 1 heterocycles. The zero-order valence-corrected chi connectivity index (χ0v) is 22.4. The largest absolute Gasteiger partial charge is 0.492 e. The Morgan fingerprint density at radius 2 is 1.72 bits per heavy atom. The molecule has 36 heavy (non-hydrogen) atoms. The van der Waals surface area contributed by atoms with E-state index in [1.807, 2.05) is 85.5 Å². The molecule has 0 saturated heterocycles. The van der Waals surface area contributed by atoms with Crippen LogP contribution in [0.2, 0.25) is 0 Å². The van der Waals surface area contributed by atoms with Gasteiger partial charge in [0.2, 0.25) is 0 Å². The summed E-state index contributed by atoms with van der Waals surface area (Å²) in [5, 5.41) is 0.513. The summed E-state index contributed by atoms with van der Waals surface area (Å²) in [5.41, 5.74) is 1.60. The molecule has 1 aromatic heterocycles. The average Bonchev–Trinajstić information content (AvgIpc) is 2.90. The van der Waals surface area contributed by atoms with Gasteiger partial charge in [0.25, 0.3) is 11.5 Å². The predicted octanol–water partition coefficient (Wildman–Crippen LogP) is 6.55. The topological polar surface area (TPSA) is 64.4 Å². The predicted molar refractivity (Wildman–Crippen MR) is 147 cm³/mol. The molecule has 0 bridgehead atoms. The van der Waals surface area contributed by atoms with Crippen LogP contribution in [0.4, 0.5) is 0 Å². The van der Waals surface area contributed by atoms with Crippen molar-refractivity contribution in [2.45, 2.75) is 39.7 Å². The van der Waals surface area contributed by atoms with Gasteiger partial charge in [-0.05, 0) is 68.8 Å². The number of fused-ring (bicyclic) bond motifs is 1. The van der Waals surface area contributed by atoms with Gasteiger partial charge in [-0.15, -0.1) is 0 Å². The Morgan fingerprint density at radius 1 is 1.03 bits per heavy atom. The van der Waals surface area contributed by atoms with Gasteiger partial charge in [-0.2, -0.15) is 0 Å². The van der Waals surface area contributed by atoms with Crippen molar-refractivity contribution >= 4 is 32.7 Å². The molecule has 0 N–H and O–H groups in total. The highest BCUT2D eigenvalue weighted by molar-refractivity contribution is 9.10. The van der Waals surface area contributed by atoms with E-state index in [0.29, 0.717) is 46.9 Å². The fraction of sp³-hybridized carbons (Fsp3) is 0.276. The zero-order chi connectivity index (χ0) is 25.7. The van der Waals surface area contributed by atoms with E-state index >= 15 is 0 Å². The molecule has 0 saturated carbocycles. The molecule has 4 aromatic rings. The third kappa shape index (κ3) is 5.21. The first-order valence-corrected chi connectivity index (χ1v) is 13.1. The van der Waals surface area contributed by atoms with E-state index in [1.165, 1.54) is 0 Å². The number of hydrogen-bond donors (Lipinski definition) is 0. The van der Waals surface area contributed by atoms with Gasteiger partial charge in [0.05, 0.1) is 29.2 Å². The second kappa shape index (κ2) is 11.5. The first kappa shape index (κ1) is 25.6. The van der Waals surface area contributed by atoms with Gasteiger partial charge in [0.15, 0.2) is 0 Å². The average molecular weight is 548 g/mol. The lowest BCUT2D eigenvalue weighted by Gasteiger charge is -2.31. The van der Waals surface area contributed by atoms with E-state index in [-0.39, 0.29) is 11.5 Å². The maximum absolute atomic E-state index is 13.9. The Morgan fingerprint density at radius 3 is 2.44 bits per heavy atom. The fourth-order valence-electron chi connectivity index (χ4n) is 4.28. The third-order valence-electron chi connectivity index (χ3n) is 6.15. The molecule has 6 nitrogen and oxygen atoms in total. The number of hydrogen-bond acceptors (Lipinski definition) is 4. The van der Waals surface area contributed by atoms with Gasteiger partial charge in [-0.1, -0.05) is 53.5 Å². The van der Waals surface area contributed by atoms with E-state index in [4.69, 9.17) is 9.72 Å². The molecular weight excluding hydrogens is 518 g/mol. The smallest absolute Gasteiger partial charge is 0.266 e. The number of carbonyl (C=O) groups is 1. The number of unbranched alkanes of at least 4 members (excludes halogenated alkanes) is 1. The van der Waals surface area contributed by atoms with Crippen LogP contribution in [0.25, 0.3) is 16.6 Å². The first-order valence-electron chi connectivity index (χ1n) is 12.3. The van der Waals surface area contributed by atoms with Crippen LogP contribution in [0, 0.1) is 0 Å². The molecule has 1 amide bonds. The number of ether oxygens (including phenoxy) is 1. The minimum atomic E-state index is -0.473. The highest BCUT2D eigenvalue weighted by Crippen LogP contribution is 2.29. The molecule has 1 atom stereocenters. The van der Waals surface area contributed by atoms with Crippen molar-refractivity contribution in [3.05, 3.63) is 99.0 Å². The molecule has 4 rings (SSSR count). The van der Waals surface area contributed by atoms with Crippen LogP contribution in [-0.4, -0.2) is 33.5 Å². The number of rotatable bonds is 9. The van der Waals surface area contributed by atoms with Crippen molar-refractivity contribution < 1.29 is 9.53 Å². The Labute approximate surface area is 219 Å². The first-order chi connectivity index (χ1) is 17.5. The monoisotopic (exact) mass is 547 g/mol. The molecule has 0 fully saturated rings. The summed E-state index contributed by atoms with van der Waals surface area (Å²) in [7, 11) is 0. The molecule has 1 unspecified atom stereocenters. The molecule has 0 spiro atoms. The Balaban J connectivity index is 1.92. The van der Waals surface area contributed by atoms with Crippen molar-refractivity contribution in [3.63, 3.8) is 0 Å². The van der Waals surface area contributed by atoms with Crippen LogP contribution < -0.4 is 10.3 Å². The normalized spacial score (nSPS) is 11.9. The van der Waals surface area contributed by atoms with Crippen LogP contribution in [0.3, 0.4) is 0 Å². The van der Waals surface area contributed by atoms with Gasteiger partial charge >= 0.3 is 0 Å². The van der Waals surface area contributed by atoms with Crippen molar-refractivity contribution in [1.82, 2.24) is 14.5 Å². The summed E-state index contributed by atoms with van der Waals surface area (Å²) in [6.45, 7) is 6.94. The van der Waals surface area contributed by atoms with E-state index in [0.717, 1.165) is 17.3 Å². The van der Waals surface area contributed by atoms with Crippen molar-refractivity contribution in [2.24, 2.45) is 0 Å². The van der Waals surface area contributed by atoms with Gasteiger partial charge in [-0.25, -0.2) is 4.98 Å². The zero-order valence-electron chi connectivity index (χ0n) is 20.8. The molecule has 0 aliphatic heterocycles. The van der Waals surface area contributed by atoms with Crippen LogP contribution >= 0.6 is 15.9 Å². The number of halogens is 1. The highest BCUT2D eigenvalue weighted by atomic mass is 79.9. The van der Waals surface area contributed by atoms with Crippen LogP contribution in [0.15, 0.2) is 82.1 Å². The number of para-hydroxylation sites is 3. The maximum Gasteiger partial charge on any atom is 0.266 e. The molecule has 0 radical (unpaired) electrons. The SMILES string of the molecule is CCCCN(C(=O)c1ccc(Br)cc1)C(C)c1nc2ccccc2c(=O)n1-c1ccccc1OCC. The lowest BCUT2D eigenvalue weighted by molar-refractivity contribution is 0.0678. The Hall–Kier alpha value is -3.45. The number of aromatic nitrogens is 2. The molecule has 0 aliphatic carbocycles. The van der Waals surface area contributed by atoms with Gasteiger partial charge < -0.3 is 9.64 Å². The van der Waals surface area contributed by atoms with Crippen molar-refractivity contribution in [2.75, 3.05) is 13.2 Å². The number of amides is 1. The lowest BCUT2D eigenvalue weighted by atomic mass is 10.1.